The van der Waals surface area contributed by atoms with Gasteiger partial charge in [-0.2, -0.15) is 0 Å². The molecule has 1 aliphatic carbocycles. The van der Waals surface area contributed by atoms with Gasteiger partial charge in [0.2, 0.25) is 0 Å². The summed E-state index contributed by atoms with van der Waals surface area (Å²) in [6, 6.07) is 3.19. The Morgan fingerprint density at radius 3 is 2.93 bits per heavy atom. The molecule has 0 unspecified atom stereocenters. The Balaban J connectivity index is 1.48. The van der Waals surface area contributed by atoms with Crippen molar-refractivity contribution in [3.8, 4) is 0 Å². The van der Waals surface area contributed by atoms with Crippen molar-refractivity contribution in [1.82, 2.24) is 15.5 Å². The molecule has 3 rings (SSSR count). The van der Waals surface area contributed by atoms with Crippen molar-refractivity contribution in [1.29, 1.82) is 0 Å². The standard InChI is InChI=1S/C18H23N3O5S/c1-12-5-2-3-7-18(12)16(24)21(17(25)20-18)10-15(23)26-11-14(22)19-9-13-6-4-8-27-13/h4,6,8,12H,2-3,5,7,9-11H2,1H3,(H,19,22)(H,20,25)/t12-,18-/m0/s1. The van der Waals surface area contributed by atoms with E-state index in [9.17, 15) is 19.2 Å². The van der Waals surface area contributed by atoms with Crippen LogP contribution in [0.25, 0.3) is 0 Å². The molecular formula is C18H23N3O5S. The van der Waals surface area contributed by atoms with Gasteiger partial charge in [0.05, 0.1) is 6.54 Å². The molecule has 4 amide bonds. The fourth-order valence-electron chi connectivity index (χ4n) is 3.61. The van der Waals surface area contributed by atoms with E-state index >= 15 is 0 Å². The molecule has 1 aliphatic heterocycles. The number of amides is 4. The fourth-order valence-corrected chi connectivity index (χ4v) is 4.25. The second-order valence-electron chi connectivity index (χ2n) is 6.96. The zero-order chi connectivity index (χ0) is 19.4. The van der Waals surface area contributed by atoms with Crippen molar-refractivity contribution >= 4 is 35.2 Å². The summed E-state index contributed by atoms with van der Waals surface area (Å²) in [6.45, 7) is 1.37. The number of thiophene rings is 1. The van der Waals surface area contributed by atoms with Crippen LogP contribution in [-0.2, 0) is 25.7 Å². The number of carbonyl (C=O) groups excluding carboxylic acids is 4. The zero-order valence-electron chi connectivity index (χ0n) is 15.2. The molecule has 0 aromatic carbocycles. The maximum absolute atomic E-state index is 12.8. The molecule has 9 heteroatoms. The highest BCUT2D eigenvalue weighted by molar-refractivity contribution is 7.09. The van der Waals surface area contributed by atoms with Crippen LogP contribution >= 0.6 is 11.3 Å². The lowest BCUT2D eigenvalue weighted by molar-refractivity contribution is -0.151. The van der Waals surface area contributed by atoms with Gasteiger partial charge in [-0.15, -0.1) is 11.3 Å². The van der Waals surface area contributed by atoms with Gasteiger partial charge in [0.25, 0.3) is 11.8 Å². The van der Waals surface area contributed by atoms with E-state index in [-0.39, 0.29) is 11.8 Å². The van der Waals surface area contributed by atoms with Crippen molar-refractivity contribution in [2.45, 2.75) is 44.7 Å². The molecule has 1 spiro atoms. The van der Waals surface area contributed by atoms with Crippen LogP contribution in [0.5, 0.6) is 0 Å². The summed E-state index contributed by atoms with van der Waals surface area (Å²) in [7, 11) is 0. The van der Waals surface area contributed by atoms with E-state index in [1.165, 1.54) is 11.3 Å². The summed E-state index contributed by atoms with van der Waals surface area (Å²) < 4.78 is 4.91. The van der Waals surface area contributed by atoms with Crippen molar-refractivity contribution in [3.63, 3.8) is 0 Å². The molecule has 1 saturated heterocycles. The van der Waals surface area contributed by atoms with Crippen molar-refractivity contribution < 1.29 is 23.9 Å². The van der Waals surface area contributed by atoms with E-state index in [0.717, 1.165) is 29.0 Å². The lowest BCUT2D eigenvalue weighted by Crippen LogP contribution is -2.54. The van der Waals surface area contributed by atoms with E-state index in [1.54, 1.807) is 0 Å². The zero-order valence-corrected chi connectivity index (χ0v) is 16.0. The molecule has 0 bridgehead atoms. The highest BCUT2D eigenvalue weighted by Gasteiger charge is 2.55. The first-order chi connectivity index (χ1) is 12.9. The average Bonchev–Trinajstić information content (AvgIpc) is 3.24. The van der Waals surface area contributed by atoms with Crippen LogP contribution in [0.1, 0.15) is 37.5 Å². The van der Waals surface area contributed by atoms with Gasteiger partial charge in [-0.3, -0.25) is 19.3 Å². The molecule has 2 atom stereocenters. The number of nitrogens with zero attached hydrogens (tertiary/aromatic N) is 1. The first-order valence-corrected chi connectivity index (χ1v) is 9.89. The lowest BCUT2D eigenvalue weighted by atomic mass is 9.73. The van der Waals surface area contributed by atoms with Crippen LogP contribution in [0.15, 0.2) is 17.5 Å². The van der Waals surface area contributed by atoms with Gasteiger partial charge >= 0.3 is 12.0 Å². The molecule has 2 N–H and O–H groups in total. The van der Waals surface area contributed by atoms with Crippen molar-refractivity contribution in [2.75, 3.05) is 13.2 Å². The molecule has 146 valence electrons. The highest BCUT2D eigenvalue weighted by atomic mass is 32.1. The Morgan fingerprint density at radius 1 is 1.41 bits per heavy atom. The van der Waals surface area contributed by atoms with Crippen LogP contribution in [-0.4, -0.2) is 47.4 Å². The first-order valence-electron chi connectivity index (χ1n) is 9.01. The Morgan fingerprint density at radius 2 is 2.22 bits per heavy atom. The molecule has 1 aromatic heterocycles. The van der Waals surface area contributed by atoms with E-state index in [1.807, 2.05) is 24.4 Å². The quantitative estimate of drug-likeness (QED) is 0.562. The molecule has 27 heavy (non-hydrogen) atoms. The molecule has 2 aliphatic rings. The minimum atomic E-state index is -0.909. The molecule has 8 nitrogen and oxygen atoms in total. The number of nitrogens with one attached hydrogen (secondary N) is 2. The maximum atomic E-state index is 12.8. The summed E-state index contributed by atoms with van der Waals surface area (Å²) in [5.41, 5.74) is -0.909. The van der Waals surface area contributed by atoms with Crippen LogP contribution in [0, 0.1) is 5.92 Å². The minimum absolute atomic E-state index is 0.0201. The van der Waals surface area contributed by atoms with Crippen LogP contribution in [0.4, 0.5) is 4.79 Å². The number of hydrogen-bond acceptors (Lipinski definition) is 6. The van der Waals surface area contributed by atoms with E-state index < -0.39 is 36.6 Å². The largest absolute Gasteiger partial charge is 0.454 e. The summed E-state index contributed by atoms with van der Waals surface area (Å²) >= 11 is 1.51. The van der Waals surface area contributed by atoms with Gasteiger partial charge in [-0.1, -0.05) is 25.8 Å². The minimum Gasteiger partial charge on any atom is -0.454 e. The van der Waals surface area contributed by atoms with Gasteiger partial charge in [0, 0.05) is 4.88 Å². The summed E-state index contributed by atoms with van der Waals surface area (Å²) in [5.74, 6) is -1.58. The number of esters is 1. The second-order valence-corrected chi connectivity index (χ2v) is 7.99. The molecule has 1 aromatic rings. The van der Waals surface area contributed by atoms with E-state index in [0.29, 0.717) is 13.0 Å². The van der Waals surface area contributed by atoms with Crippen LogP contribution < -0.4 is 10.6 Å². The normalized spacial score (nSPS) is 24.8. The molecule has 1 saturated carbocycles. The molecular weight excluding hydrogens is 370 g/mol. The SMILES string of the molecule is C[C@H]1CCCC[C@]12NC(=O)N(CC(=O)OCC(=O)NCc1cccs1)C2=O. The van der Waals surface area contributed by atoms with Crippen molar-refractivity contribution in [2.24, 2.45) is 5.92 Å². The summed E-state index contributed by atoms with van der Waals surface area (Å²) in [4.78, 5) is 50.6. The Bertz CT molecular complexity index is 735. The predicted molar refractivity (Wildman–Crippen MR) is 97.7 cm³/mol. The van der Waals surface area contributed by atoms with Crippen LogP contribution in [0.2, 0.25) is 0 Å². The Kier molecular flexibility index (Phi) is 5.79. The predicted octanol–water partition coefficient (Wildman–Crippen LogP) is 1.41. The number of carbonyl (C=O) groups is 4. The van der Waals surface area contributed by atoms with Gasteiger partial charge in [-0.25, -0.2) is 4.79 Å². The van der Waals surface area contributed by atoms with Gasteiger partial charge in [0.1, 0.15) is 12.1 Å². The smallest absolute Gasteiger partial charge is 0.326 e. The first kappa shape index (κ1) is 19.3. The Hall–Kier alpha value is -2.42. The molecule has 2 heterocycles. The van der Waals surface area contributed by atoms with E-state index in [2.05, 4.69) is 10.6 Å². The number of rotatable bonds is 6. The van der Waals surface area contributed by atoms with Crippen LogP contribution in [0.3, 0.4) is 0 Å². The highest BCUT2D eigenvalue weighted by Crippen LogP contribution is 2.38. The number of ether oxygens (including phenoxy) is 1. The monoisotopic (exact) mass is 393 g/mol. The molecule has 0 radical (unpaired) electrons. The fraction of sp³-hybridized carbons (Fsp3) is 0.556. The Labute approximate surface area is 161 Å². The second kappa shape index (κ2) is 8.08. The summed E-state index contributed by atoms with van der Waals surface area (Å²) in [5, 5.41) is 7.32. The number of imide groups is 1. The third-order valence-electron chi connectivity index (χ3n) is 5.19. The van der Waals surface area contributed by atoms with Gasteiger partial charge in [-0.05, 0) is 30.2 Å². The third-order valence-corrected chi connectivity index (χ3v) is 6.07. The van der Waals surface area contributed by atoms with Gasteiger partial charge in [0.15, 0.2) is 6.61 Å². The summed E-state index contributed by atoms with van der Waals surface area (Å²) in [6.07, 6.45) is 3.32. The van der Waals surface area contributed by atoms with Gasteiger partial charge < -0.3 is 15.4 Å². The van der Waals surface area contributed by atoms with Crippen molar-refractivity contribution in [3.05, 3.63) is 22.4 Å². The number of hydrogen-bond donors (Lipinski definition) is 2. The topological polar surface area (TPSA) is 105 Å². The lowest BCUT2D eigenvalue weighted by Gasteiger charge is -2.36. The number of urea groups is 1. The average molecular weight is 393 g/mol. The maximum Gasteiger partial charge on any atom is 0.326 e. The van der Waals surface area contributed by atoms with E-state index in [4.69, 9.17) is 4.74 Å². The molecule has 2 fully saturated rings. The third kappa shape index (κ3) is 4.13.